The normalized spacial score (nSPS) is 23.9. The minimum atomic E-state index is -1.55. The third-order valence-electron chi connectivity index (χ3n) is 11.0. The highest BCUT2D eigenvalue weighted by Gasteiger charge is 2.35. The van der Waals surface area contributed by atoms with Gasteiger partial charge < -0.3 is 64.8 Å². The van der Waals surface area contributed by atoms with E-state index in [1.165, 1.54) is 6.92 Å². The van der Waals surface area contributed by atoms with Crippen molar-refractivity contribution in [2.75, 3.05) is 26.2 Å². The Balaban J connectivity index is 2.09. The monoisotopic (exact) mass is 922 g/mol. The number of nitrogens with one attached hydrogen (secondary N) is 8. The molecule has 15 N–H and O–H groups in total. The zero-order valence-corrected chi connectivity index (χ0v) is 38.7. The van der Waals surface area contributed by atoms with Crippen LogP contribution in [0.25, 0.3) is 0 Å². The molecular formula is C46H71N11O9. The lowest BCUT2D eigenvalue weighted by Gasteiger charge is -2.28. The first-order valence-electron chi connectivity index (χ1n) is 22.7. The van der Waals surface area contributed by atoms with Crippen LogP contribution in [0.1, 0.15) is 89.3 Å². The van der Waals surface area contributed by atoms with Gasteiger partial charge in [-0.1, -0.05) is 82.3 Å². The van der Waals surface area contributed by atoms with Crippen molar-refractivity contribution in [2.45, 2.75) is 134 Å². The summed E-state index contributed by atoms with van der Waals surface area (Å²) in [7, 11) is 0. The van der Waals surface area contributed by atoms with E-state index in [-0.39, 0.29) is 83.0 Å². The quantitative estimate of drug-likeness (QED) is 0.0922. The van der Waals surface area contributed by atoms with Crippen molar-refractivity contribution in [1.29, 1.82) is 0 Å². The summed E-state index contributed by atoms with van der Waals surface area (Å²) >= 11 is 0. The summed E-state index contributed by atoms with van der Waals surface area (Å²) in [5.74, 6) is -5.99. The highest BCUT2D eigenvalue weighted by atomic mass is 16.3. The Bertz CT molecular complexity index is 1930. The number of hydrogen-bond acceptors (Lipinski definition) is 12. The van der Waals surface area contributed by atoms with Crippen LogP contribution >= 0.6 is 0 Å². The molecule has 3 rings (SSSR count). The van der Waals surface area contributed by atoms with Crippen LogP contribution in [0.15, 0.2) is 54.6 Å². The summed E-state index contributed by atoms with van der Waals surface area (Å²) in [6.45, 7) is 8.54. The van der Waals surface area contributed by atoms with Crippen LogP contribution in [-0.2, 0) is 51.2 Å². The fraction of sp³-hybridized carbons (Fsp3) is 0.565. The van der Waals surface area contributed by atoms with Crippen molar-refractivity contribution >= 4 is 47.3 Å². The minimum absolute atomic E-state index is 0.0233. The van der Waals surface area contributed by atoms with Gasteiger partial charge in [-0.05, 0) is 87.2 Å². The first-order chi connectivity index (χ1) is 31.4. The molecule has 8 atom stereocenters. The smallest absolute Gasteiger partial charge is 0.245 e. The van der Waals surface area contributed by atoms with Gasteiger partial charge in [0, 0.05) is 13.0 Å². The maximum atomic E-state index is 14.2. The van der Waals surface area contributed by atoms with Crippen molar-refractivity contribution in [3.8, 4) is 0 Å². The van der Waals surface area contributed by atoms with Crippen LogP contribution in [-0.4, -0.2) is 127 Å². The lowest BCUT2D eigenvalue weighted by atomic mass is 10.00. The third kappa shape index (κ3) is 17.8. The van der Waals surface area contributed by atoms with Gasteiger partial charge in [0.1, 0.15) is 42.3 Å². The number of carbonyl (C=O) groups excluding carboxylic acids is 8. The van der Waals surface area contributed by atoms with Crippen LogP contribution in [0.2, 0.25) is 0 Å². The van der Waals surface area contributed by atoms with Crippen molar-refractivity contribution in [3.63, 3.8) is 0 Å². The van der Waals surface area contributed by atoms with Crippen molar-refractivity contribution < 1.29 is 43.5 Å². The molecule has 66 heavy (non-hydrogen) atoms. The largest absolute Gasteiger partial charge is 0.391 e. The number of amides is 8. The second-order valence-corrected chi connectivity index (χ2v) is 17.4. The van der Waals surface area contributed by atoms with Gasteiger partial charge in [-0.2, -0.15) is 0 Å². The van der Waals surface area contributed by atoms with E-state index in [0.717, 1.165) is 5.56 Å². The molecule has 0 unspecified atom stereocenters. The Labute approximate surface area is 386 Å². The number of nitrogens with two attached hydrogens (primary N) is 3. The van der Waals surface area contributed by atoms with E-state index < -0.39 is 95.7 Å². The average Bonchev–Trinajstić information content (AvgIpc) is 3.26. The van der Waals surface area contributed by atoms with Gasteiger partial charge in [0.2, 0.25) is 47.3 Å². The Morgan fingerprint density at radius 1 is 0.606 bits per heavy atom. The number of carbonyl (C=O) groups is 8. The number of aliphatic hydroxyl groups is 1. The Morgan fingerprint density at radius 3 is 1.58 bits per heavy atom. The predicted molar refractivity (Wildman–Crippen MR) is 248 cm³/mol. The molecule has 1 saturated heterocycles. The molecule has 1 aliphatic heterocycles. The van der Waals surface area contributed by atoms with E-state index >= 15 is 0 Å². The number of rotatable bonds is 15. The fourth-order valence-corrected chi connectivity index (χ4v) is 7.26. The lowest BCUT2D eigenvalue weighted by molar-refractivity contribution is -0.136. The molecule has 1 aliphatic rings. The topological polar surface area (TPSA) is 331 Å². The molecule has 0 spiro atoms. The fourth-order valence-electron chi connectivity index (χ4n) is 7.26. The zero-order chi connectivity index (χ0) is 48.9. The SMILES string of the molecule is CC(C)C[C@@H]1NC(=O)[C@@H](Cc2ccccc2)NC(=O)[C@H](CCN)NC(=O)[C@@H](NC(=O)Cc2ccc(C(C)C)cc2)CCNC(=O)[C@H]([C@@H](C)O)NC(=O)[C@H](CCN)NC(=O)[C@H](CCN)NC1=O. The van der Waals surface area contributed by atoms with Crippen LogP contribution in [0.3, 0.4) is 0 Å². The van der Waals surface area contributed by atoms with Gasteiger partial charge in [-0.3, -0.25) is 38.4 Å². The minimum Gasteiger partial charge on any atom is -0.391 e. The molecule has 0 aromatic heterocycles. The first kappa shape index (κ1) is 54.4. The van der Waals surface area contributed by atoms with Crippen molar-refractivity contribution in [3.05, 3.63) is 71.3 Å². The Kier molecular flexibility index (Phi) is 22.7. The highest BCUT2D eigenvalue weighted by molar-refractivity contribution is 5.98. The molecular weight excluding hydrogens is 851 g/mol. The van der Waals surface area contributed by atoms with Crippen molar-refractivity contribution in [2.24, 2.45) is 23.1 Å². The standard InChI is InChI=1S/C46H71N11O9/c1-26(2)23-36-44(64)54-32(15-19-47)40(60)53-34(17-21-49)43(63)57-39(28(5)58)46(66)50-22-18-35(51-38(59)25-30-11-13-31(14-12-30)27(3)4)42(62)52-33(16-20-48)41(61)56-37(45(65)55-36)24-29-9-7-6-8-10-29/h6-14,26-28,32-37,39,58H,15-25,47-49H2,1-5H3,(H,50,66)(H,51,59)(H,52,62)(H,53,60)(H,54,64)(H,55,65)(H,56,61)(H,57,63)/t28-,32+,33+,34+,35+,36+,37-,39+/m1/s1. The summed E-state index contributed by atoms with van der Waals surface area (Å²) in [5.41, 5.74) is 20.0. The van der Waals surface area contributed by atoms with E-state index in [0.29, 0.717) is 11.1 Å². The molecule has 0 bridgehead atoms. The van der Waals surface area contributed by atoms with E-state index in [1.54, 1.807) is 30.3 Å². The van der Waals surface area contributed by atoms with Gasteiger partial charge in [0.25, 0.3) is 0 Å². The maximum absolute atomic E-state index is 14.2. The average molecular weight is 922 g/mol. The molecule has 1 fully saturated rings. The second-order valence-electron chi connectivity index (χ2n) is 17.4. The Morgan fingerprint density at radius 2 is 1.08 bits per heavy atom. The van der Waals surface area contributed by atoms with Crippen LogP contribution in [0, 0.1) is 5.92 Å². The molecule has 364 valence electrons. The lowest BCUT2D eigenvalue weighted by Crippen LogP contribution is -2.61. The van der Waals surface area contributed by atoms with Gasteiger partial charge >= 0.3 is 0 Å². The third-order valence-corrected chi connectivity index (χ3v) is 11.0. The first-order valence-corrected chi connectivity index (χ1v) is 22.7. The molecule has 2 aromatic carbocycles. The summed E-state index contributed by atoms with van der Waals surface area (Å²) in [5, 5.41) is 31.7. The molecule has 0 radical (unpaired) electrons. The van der Waals surface area contributed by atoms with Gasteiger partial charge in [0.05, 0.1) is 12.5 Å². The molecule has 0 aliphatic carbocycles. The van der Waals surface area contributed by atoms with Gasteiger partial charge in [0.15, 0.2) is 0 Å². The van der Waals surface area contributed by atoms with Crippen LogP contribution in [0.4, 0.5) is 0 Å². The van der Waals surface area contributed by atoms with E-state index in [2.05, 4.69) is 42.5 Å². The van der Waals surface area contributed by atoms with E-state index in [4.69, 9.17) is 17.2 Å². The highest BCUT2D eigenvalue weighted by Crippen LogP contribution is 2.15. The zero-order valence-electron chi connectivity index (χ0n) is 38.7. The van der Waals surface area contributed by atoms with Crippen LogP contribution < -0.4 is 59.7 Å². The number of benzene rings is 2. The molecule has 1 heterocycles. The van der Waals surface area contributed by atoms with E-state index in [1.807, 2.05) is 52.0 Å². The van der Waals surface area contributed by atoms with Crippen LogP contribution in [0.5, 0.6) is 0 Å². The maximum Gasteiger partial charge on any atom is 0.245 e. The summed E-state index contributed by atoms with van der Waals surface area (Å²) < 4.78 is 0. The van der Waals surface area contributed by atoms with Crippen molar-refractivity contribution in [1.82, 2.24) is 42.5 Å². The summed E-state index contributed by atoms with van der Waals surface area (Å²) in [6.07, 6.45) is -1.91. The molecule has 2 aromatic rings. The van der Waals surface area contributed by atoms with E-state index in [9.17, 15) is 43.5 Å². The Hall–Kier alpha value is -5.96. The number of hydrogen-bond donors (Lipinski definition) is 12. The molecule has 0 saturated carbocycles. The molecule has 8 amide bonds. The predicted octanol–water partition coefficient (Wildman–Crippen LogP) is -2.02. The molecule has 20 nitrogen and oxygen atoms in total. The number of aliphatic hydroxyl groups excluding tert-OH is 1. The summed E-state index contributed by atoms with van der Waals surface area (Å²) in [4.78, 5) is 111. The second kappa shape index (κ2) is 27.5. The van der Waals surface area contributed by atoms with Gasteiger partial charge in [-0.25, -0.2) is 0 Å². The molecule has 20 heteroatoms. The summed E-state index contributed by atoms with van der Waals surface area (Å²) in [6, 6.07) is 6.94. The van der Waals surface area contributed by atoms with Gasteiger partial charge in [-0.15, -0.1) is 0 Å².